The van der Waals surface area contributed by atoms with Gasteiger partial charge < -0.3 is 14.8 Å². The predicted octanol–water partition coefficient (Wildman–Crippen LogP) is 6.44. The minimum Gasteiger partial charge on any atom is -0.495 e. The molecule has 0 bridgehead atoms. The molecule has 0 aliphatic heterocycles. The predicted molar refractivity (Wildman–Crippen MR) is 103 cm³/mol. The Labute approximate surface area is 174 Å². The summed E-state index contributed by atoms with van der Waals surface area (Å²) in [6.45, 7) is 0. The summed E-state index contributed by atoms with van der Waals surface area (Å²) in [7, 11) is 1.55. The van der Waals surface area contributed by atoms with Crippen molar-refractivity contribution in [3.8, 4) is 5.75 Å². The second kappa shape index (κ2) is 8.89. The van der Waals surface area contributed by atoms with E-state index in [1.807, 2.05) is 5.32 Å². The number of imidazole rings is 1. The second-order valence-electron chi connectivity index (χ2n) is 5.12. The lowest BCUT2D eigenvalue weighted by Gasteiger charge is -2.08. The molecule has 12 heteroatoms. The third-order valence-electron chi connectivity index (χ3n) is 3.24. The first-order valence-electron chi connectivity index (χ1n) is 7.27. The van der Waals surface area contributed by atoms with Gasteiger partial charge in [-0.1, -0.05) is 45.2 Å². The van der Waals surface area contributed by atoms with Crippen LogP contribution in [0.25, 0.3) is 11.0 Å². The third kappa shape index (κ3) is 5.43. The van der Waals surface area contributed by atoms with E-state index in [2.05, 4.69) is 25.9 Å². The van der Waals surface area contributed by atoms with E-state index in [-0.39, 0.29) is 21.5 Å². The third-order valence-corrected chi connectivity index (χ3v) is 4.70. The lowest BCUT2D eigenvalue weighted by molar-refractivity contribution is -0.138. The van der Waals surface area contributed by atoms with Gasteiger partial charge in [-0.2, -0.15) is 13.2 Å². The zero-order valence-corrected chi connectivity index (χ0v) is 17.0. The van der Waals surface area contributed by atoms with Crippen LogP contribution in [-0.2, 0) is 6.18 Å². The number of aromatic nitrogens is 2. The van der Waals surface area contributed by atoms with Crippen molar-refractivity contribution in [3.63, 3.8) is 0 Å². The number of aromatic amines is 1. The van der Waals surface area contributed by atoms with Crippen molar-refractivity contribution in [1.82, 2.24) is 9.97 Å². The van der Waals surface area contributed by atoms with Crippen molar-refractivity contribution in [2.45, 2.75) is 6.18 Å². The van der Waals surface area contributed by atoms with E-state index in [1.54, 1.807) is 25.3 Å². The summed E-state index contributed by atoms with van der Waals surface area (Å²) in [6.07, 6.45) is -5.86. The number of carbonyl (C=O) groups is 1. The lowest BCUT2D eigenvalue weighted by Crippen LogP contribution is -2.08. The van der Waals surface area contributed by atoms with Gasteiger partial charge in [-0.3, -0.25) is 5.32 Å². The highest BCUT2D eigenvalue weighted by atomic mass is 79.9. The van der Waals surface area contributed by atoms with E-state index in [9.17, 15) is 18.0 Å². The average Bonchev–Trinajstić information content (AvgIpc) is 2.96. The quantitative estimate of drug-likeness (QED) is 0.378. The molecule has 3 rings (SSSR count). The van der Waals surface area contributed by atoms with Crippen LogP contribution in [0, 0.1) is 0 Å². The van der Waals surface area contributed by atoms with Crippen LogP contribution in [0.15, 0.2) is 34.8 Å². The monoisotopic (exact) mass is 499 g/mol. The second-order valence-corrected chi connectivity index (χ2v) is 6.76. The van der Waals surface area contributed by atoms with Crippen LogP contribution in [0.2, 0.25) is 10.0 Å². The molecule has 6 nitrogen and oxygen atoms in total. The molecule has 0 aliphatic carbocycles. The number of hydrogen-bond donors (Lipinski definition) is 3. The number of hydrogen-bond acceptors (Lipinski definition) is 3. The molecule has 1 heterocycles. The van der Waals surface area contributed by atoms with Crippen LogP contribution < -0.4 is 10.1 Å². The molecule has 3 N–H and O–H groups in total. The normalized spacial score (nSPS) is 11.0. The highest BCUT2D eigenvalue weighted by Crippen LogP contribution is 2.37. The Kier molecular flexibility index (Phi) is 7.02. The summed E-state index contributed by atoms with van der Waals surface area (Å²) in [6, 6.07) is 7.29. The van der Waals surface area contributed by atoms with Crippen molar-refractivity contribution < 1.29 is 27.8 Å². The molecule has 0 spiro atoms. The number of carboxylic acid groups (broad SMARTS) is 1. The van der Waals surface area contributed by atoms with E-state index >= 15 is 0 Å². The molecule has 1 amide bonds. The molecule has 0 aliphatic rings. The SMILES string of the molecule is COc1cccc(Cl)c1Cl.O=C(O)Nc1nc2cc(Br)c(C(F)(F)F)cc2[nH]1. The molecule has 2 aromatic carbocycles. The fourth-order valence-corrected chi connectivity index (χ4v) is 2.98. The largest absolute Gasteiger partial charge is 0.495 e. The molecule has 0 atom stereocenters. The number of anilines is 1. The average molecular weight is 501 g/mol. The number of alkyl halides is 3. The fraction of sp³-hybridized carbons (Fsp3) is 0.125. The van der Waals surface area contributed by atoms with Gasteiger partial charge in [0.25, 0.3) is 0 Å². The molecule has 1 aromatic heterocycles. The molecule has 0 unspecified atom stereocenters. The van der Waals surface area contributed by atoms with Crippen LogP contribution in [-0.4, -0.2) is 28.3 Å². The molecule has 0 saturated heterocycles. The van der Waals surface area contributed by atoms with Gasteiger partial charge in [-0.25, -0.2) is 9.78 Å². The zero-order valence-electron chi connectivity index (χ0n) is 13.9. The maximum absolute atomic E-state index is 12.6. The first-order chi connectivity index (χ1) is 13.0. The van der Waals surface area contributed by atoms with Gasteiger partial charge in [-0.15, -0.1) is 0 Å². The molecular weight excluding hydrogens is 490 g/mol. The van der Waals surface area contributed by atoms with Gasteiger partial charge in [0.15, 0.2) is 0 Å². The summed E-state index contributed by atoms with van der Waals surface area (Å²) in [5, 5.41) is 11.4. The number of methoxy groups -OCH3 is 1. The molecule has 150 valence electrons. The van der Waals surface area contributed by atoms with Crippen LogP contribution >= 0.6 is 39.1 Å². The topological polar surface area (TPSA) is 87.2 Å². The number of halogens is 6. The summed E-state index contributed by atoms with van der Waals surface area (Å²) >= 11 is 14.2. The van der Waals surface area contributed by atoms with E-state index in [0.29, 0.717) is 15.8 Å². The van der Waals surface area contributed by atoms with Crippen molar-refractivity contribution in [2.75, 3.05) is 12.4 Å². The van der Waals surface area contributed by atoms with E-state index in [1.165, 1.54) is 6.07 Å². The number of fused-ring (bicyclic) bond motifs is 1. The number of rotatable bonds is 2. The Bertz CT molecular complexity index is 1010. The number of ether oxygens (including phenoxy) is 1. The van der Waals surface area contributed by atoms with Crippen LogP contribution in [0.3, 0.4) is 0 Å². The van der Waals surface area contributed by atoms with Crippen molar-refractivity contribution in [1.29, 1.82) is 0 Å². The highest BCUT2D eigenvalue weighted by Gasteiger charge is 2.33. The van der Waals surface area contributed by atoms with Crippen LogP contribution in [0.1, 0.15) is 5.56 Å². The summed E-state index contributed by atoms with van der Waals surface area (Å²) < 4.78 is 42.6. The van der Waals surface area contributed by atoms with Crippen LogP contribution in [0.4, 0.5) is 23.9 Å². The van der Waals surface area contributed by atoms with Crippen LogP contribution in [0.5, 0.6) is 5.75 Å². The Balaban J connectivity index is 0.000000237. The Morgan fingerprint density at radius 1 is 1.32 bits per heavy atom. The van der Waals surface area contributed by atoms with Crippen molar-refractivity contribution >= 4 is 62.2 Å². The summed E-state index contributed by atoms with van der Waals surface area (Å²) in [4.78, 5) is 16.6. The number of nitrogens with zero attached hydrogens (tertiary/aromatic N) is 1. The molecule has 28 heavy (non-hydrogen) atoms. The van der Waals surface area contributed by atoms with Gasteiger partial charge in [-0.05, 0) is 24.3 Å². The smallest absolute Gasteiger partial charge is 0.417 e. The fourth-order valence-electron chi connectivity index (χ4n) is 2.05. The summed E-state index contributed by atoms with van der Waals surface area (Å²) in [5.41, 5.74) is -0.548. The lowest BCUT2D eigenvalue weighted by atomic mass is 10.2. The van der Waals surface area contributed by atoms with Gasteiger partial charge >= 0.3 is 12.3 Å². The number of amides is 1. The molecule has 3 aromatic rings. The maximum Gasteiger partial charge on any atom is 0.417 e. The van der Waals surface area contributed by atoms with Gasteiger partial charge in [0.2, 0.25) is 5.95 Å². The van der Waals surface area contributed by atoms with Gasteiger partial charge in [0, 0.05) is 4.47 Å². The maximum atomic E-state index is 12.6. The van der Waals surface area contributed by atoms with E-state index in [0.717, 1.165) is 6.07 Å². The minimum atomic E-state index is -4.50. The Hall–Kier alpha value is -2.17. The summed E-state index contributed by atoms with van der Waals surface area (Å²) in [5.74, 6) is 0.470. The Morgan fingerprint density at radius 2 is 2.00 bits per heavy atom. The standard InChI is InChI=1S/C9H5BrF3N3O2.C7H6Cl2O/c10-4-2-6-5(1-3(4)9(11,12)13)14-7(15-6)16-8(17)18;1-10-6-4-2-3-5(8)7(6)9/h1-2H,(H,17,18)(H2,14,15,16);2-4H,1H3. The zero-order chi connectivity index (χ0) is 21.1. The first-order valence-corrected chi connectivity index (χ1v) is 8.82. The Morgan fingerprint density at radius 3 is 2.54 bits per heavy atom. The van der Waals surface area contributed by atoms with Gasteiger partial charge in [0.1, 0.15) is 10.8 Å². The molecule has 0 radical (unpaired) electrons. The van der Waals surface area contributed by atoms with E-state index in [4.69, 9.17) is 33.0 Å². The molecular formula is C16H11BrCl2F3N3O3. The molecule has 0 saturated carbocycles. The van der Waals surface area contributed by atoms with Gasteiger partial charge in [0.05, 0.1) is 28.7 Å². The van der Waals surface area contributed by atoms with Crippen molar-refractivity contribution in [3.05, 3.63) is 50.4 Å². The van der Waals surface area contributed by atoms with Crippen molar-refractivity contribution in [2.24, 2.45) is 0 Å². The molecule has 0 fully saturated rings. The number of benzene rings is 2. The number of nitrogens with one attached hydrogen (secondary N) is 2. The minimum absolute atomic E-state index is 0.0919. The number of H-pyrrole nitrogens is 1. The van der Waals surface area contributed by atoms with E-state index < -0.39 is 17.8 Å². The first kappa shape index (κ1) is 22.1. The highest BCUT2D eigenvalue weighted by molar-refractivity contribution is 9.10.